The van der Waals surface area contributed by atoms with Gasteiger partial charge in [0.05, 0.1) is 10.5 Å². The summed E-state index contributed by atoms with van der Waals surface area (Å²) in [6.45, 7) is 3.43. The van der Waals surface area contributed by atoms with Crippen molar-refractivity contribution in [3.63, 3.8) is 0 Å². The summed E-state index contributed by atoms with van der Waals surface area (Å²) in [6.07, 6.45) is -3.40. The first kappa shape index (κ1) is 17.9. The molecule has 2 unspecified atom stereocenters. The fourth-order valence-electron chi connectivity index (χ4n) is 2.98. The van der Waals surface area contributed by atoms with E-state index in [1.165, 1.54) is 23.4 Å². The van der Waals surface area contributed by atoms with Gasteiger partial charge in [-0.2, -0.15) is 13.2 Å². The topological polar surface area (TPSA) is 32.3 Å². The molecule has 25 heavy (non-hydrogen) atoms. The highest BCUT2D eigenvalue weighted by Crippen LogP contribution is 2.30. The van der Waals surface area contributed by atoms with E-state index in [-0.39, 0.29) is 6.04 Å². The van der Waals surface area contributed by atoms with E-state index < -0.39 is 22.7 Å². The molecule has 0 saturated heterocycles. The monoisotopic (exact) mass is 368 g/mol. The summed E-state index contributed by atoms with van der Waals surface area (Å²) >= 11 is 0. The molecule has 0 aromatic heterocycles. The molecule has 2 atom stereocenters. The summed E-state index contributed by atoms with van der Waals surface area (Å²) in [6, 6.07) is 12.7. The lowest BCUT2D eigenvalue weighted by Gasteiger charge is -2.27. The zero-order valence-electron chi connectivity index (χ0n) is 13.7. The molecule has 0 amide bonds. The number of nitrogens with zero attached hydrogens (tertiary/aromatic N) is 1. The minimum Gasteiger partial charge on any atom is -0.367 e. The lowest BCUT2D eigenvalue weighted by Crippen LogP contribution is -2.40. The van der Waals surface area contributed by atoms with Crippen molar-refractivity contribution < 1.29 is 17.4 Å². The Bertz CT molecular complexity index is 762. The van der Waals surface area contributed by atoms with E-state index in [2.05, 4.69) is 21.8 Å². The van der Waals surface area contributed by atoms with Gasteiger partial charge >= 0.3 is 6.18 Å². The summed E-state index contributed by atoms with van der Waals surface area (Å²) in [5, 5.41) is 0. The largest absolute Gasteiger partial charge is 0.416 e. The highest BCUT2D eigenvalue weighted by Gasteiger charge is 2.30. The number of benzene rings is 2. The van der Waals surface area contributed by atoms with Crippen molar-refractivity contribution >= 4 is 16.7 Å². The van der Waals surface area contributed by atoms with E-state index in [1.807, 2.05) is 19.1 Å². The van der Waals surface area contributed by atoms with E-state index in [0.717, 1.165) is 25.1 Å². The first-order valence-electron chi connectivity index (χ1n) is 8.03. The fourth-order valence-corrected chi connectivity index (χ4v) is 3.92. The van der Waals surface area contributed by atoms with Crippen molar-refractivity contribution in [2.45, 2.75) is 30.5 Å². The molecule has 134 valence electrons. The Labute approximate surface area is 147 Å². The number of fused-ring (bicyclic) bond motifs is 1. The number of hydrogen-bond acceptors (Lipinski definition) is 2. The molecule has 2 aromatic carbocycles. The molecule has 3 rings (SSSR count). The highest BCUT2D eigenvalue weighted by molar-refractivity contribution is 7.83. The van der Waals surface area contributed by atoms with Crippen LogP contribution in [0.4, 0.5) is 18.9 Å². The van der Waals surface area contributed by atoms with Crippen molar-refractivity contribution in [2.24, 2.45) is 0 Å². The number of nitrogens with one attached hydrogen (secondary N) is 1. The summed E-state index contributed by atoms with van der Waals surface area (Å²) in [5.41, 5.74) is 1.76. The SMILES string of the molecule is CC(CNS(=O)c1ccc(C(F)(F)F)cc1)N1CCc2ccccc21. The molecular formula is C18H19F3N2OS. The van der Waals surface area contributed by atoms with Gasteiger partial charge in [-0.15, -0.1) is 0 Å². The molecule has 0 radical (unpaired) electrons. The normalized spacial score (nSPS) is 16.6. The predicted molar refractivity (Wildman–Crippen MR) is 92.8 cm³/mol. The molecule has 1 N–H and O–H groups in total. The Kier molecular flexibility index (Phi) is 5.15. The van der Waals surface area contributed by atoms with Crippen molar-refractivity contribution in [1.29, 1.82) is 0 Å². The maximum Gasteiger partial charge on any atom is 0.416 e. The number of hydrogen-bond donors (Lipinski definition) is 1. The average molecular weight is 368 g/mol. The first-order valence-corrected chi connectivity index (χ1v) is 9.18. The van der Waals surface area contributed by atoms with E-state index in [1.54, 1.807) is 0 Å². The van der Waals surface area contributed by atoms with Crippen LogP contribution in [-0.2, 0) is 23.6 Å². The second-order valence-electron chi connectivity index (χ2n) is 6.06. The van der Waals surface area contributed by atoms with E-state index in [0.29, 0.717) is 11.4 Å². The smallest absolute Gasteiger partial charge is 0.367 e. The Balaban J connectivity index is 1.59. The van der Waals surface area contributed by atoms with Crippen molar-refractivity contribution in [1.82, 2.24) is 4.72 Å². The molecule has 1 aliphatic heterocycles. The third kappa shape index (κ3) is 4.04. The van der Waals surface area contributed by atoms with Gasteiger partial charge < -0.3 is 4.90 Å². The third-order valence-corrected chi connectivity index (χ3v) is 5.49. The molecular weight excluding hydrogens is 349 g/mol. The summed E-state index contributed by atoms with van der Waals surface area (Å²) in [7, 11) is -1.54. The quantitative estimate of drug-likeness (QED) is 0.871. The maximum absolute atomic E-state index is 12.6. The minimum absolute atomic E-state index is 0.127. The molecule has 7 heteroatoms. The molecule has 1 aliphatic rings. The number of para-hydroxylation sites is 1. The van der Waals surface area contributed by atoms with Gasteiger partial charge in [0.2, 0.25) is 0 Å². The van der Waals surface area contributed by atoms with E-state index in [9.17, 15) is 17.4 Å². The van der Waals surface area contributed by atoms with E-state index >= 15 is 0 Å². The molecule has 0 bridgehead atoms. The molecule has 0 aliphatic carbocycles. The van der Waals surface area contributed by atoms with Crippen LogP contribution in [0.3, 0.4) is 0 Å². The Morgan fingerprint density at radius 2 is 1.84 bits per heavy atom. The number of rotatable bonds is 5. The van der Waals surface area contributed by atoms with Crippen LogP contribution < -0.4 is 9.62 Å². The standard InChI is InChI=1S/C18H19F3N2OS/c1-13(23-11-10-14-4-2-3-5-17(14)23)12-22-25(24)16-8-6-15(7-9-16)18(19,20)21/h2-9,13,22H,10-12H2,1H3. The Hall–Kier alpha value is -1.86. The second-order valence-corrected chi connectivity index (χ2v) is 7.36. The van der Waals surface area contributed by atoms with Gasteiger partial charge in [-0.1, -0.05) is 18.2 Å². The van der Waals surface area contributed by atoms with Gasteiger partial charge in [0.25, 0.3) is 0 Å². The fraction of sp³-hybridized carbons (Fsp3) is 0.333. The number of halogens is 3. The maximum atomic E-state index is 12.6. The highest BCUT2D eigenvalue weighted by atomic mass is 32.2. The zero-order valence-corrected chi connectivity index (χ0v) is 14.5. The summed E-state index contributed by atoms with van der Waals surface area (Å²) < 4.78 is 52.9. The zero-order chi connectivity index (χ0) is 18.0. The van der Waals surface area contributed by atoms with Crippen LogP contribution in [0, 0.1) is 0 Å². The molecule has 0 saturated carbocycles. The second kappa shape index (κ2) is 7.17. The Morgan fingerprint density at radius 3 is 2.52 bits per heavy atom. The first-order chi connectivity index (χ1) is 11.9. The number of alkyl halides is 3. The van der Waals surface area contributed by atoms with Crippen molar-refractivity contribution in [3.8, 4) is 0 Å². The van der Waals surface area contributed by atoms with Crippen LogP contribution in [0.1, 0.15) is 18.1 Å². The van der Waals surface area contributed by atoms with E-state index in [4.69, 9.17) is 0 Å². The van der Waals surface area contributed by atoms with Crippen LogP contribution in [0.5, 0.6) is 0 Å². The van der Waals surface area contributed by atoms with Crippen LogP contribution in [0.25, 0.3) is 0 Å². The van der Waals surface area contributed by atoms with Crippen molar-refractivity contribution in [3.05, 3.63) is 59.7 Å². The molecule has 3 nitrogen and oxygen atoms in total. The third-order valence-electron chi connectivity index (χ3n) is 4.36. The van der Waals surface area contributed by atoms with Crippen molar-refractivity contribution in [2.75, 3.05) is 18.0 Å². The van der Waals surface area contributed by atoms with Gasteiger partial charge in [-0.25, -0.2) is 8.93 Å². The van der Waals surface area contributed by atoms with Gasteiger partial charge in [0, 0.05) is 24.8 Å². The average Bonchev–Trinajstić information content (AvgIpc) is 3.03. The molecule has 1 heterocycles. The lowest BCUT2D eigenvalue weighted by molar-refractivity contribution is -0.137. The van der Waals surface area contributed by atoms with Crippen LogP contribution >= 0.6 is 0 Å². The lowest BCUT2D eigenvalue weighted by atomic mass is 10.2. The minimum atomic E-state index is -4.38. The van der Waals surface area contributed by atoms with Gasteiger partial charge in [-0.05, 0) is 49.2 Å². The van der Waals surface area contributed by atoms with Gasteiger partial charge in [0.15, 0.2) is 0 Å². The van der Waals surface area contributed by atoms with Gasteiger partial charge in [-0.3, -0.25) is 0 Å². The van der Waals surface area contributed by atoms with Crippen LogP contribution in [0.15, 0.2) is 53.4 Å². The summed E-state index contributed by atoms with van der Waals surface area (Å²) in [5.74, 6) is 0. The molecule has 0 fully saturated rings. The molecule has 0 spiro atoms. The van der Waals surface area contributed by atoms with Gasteiger partial charge in [0.1, 0.15) is 11.0 Å². The van der Waals surface area contributed by atoms with Crippen LogP contribution in [0.2, 0.25) is 0 Å². The summed E-state index contributed by atoms with van der Waals surface area (Å²) in [4.78, 5) is 2.59. The van der Waals surface area contributed by atoms with Crippen LogP contribution in [-0.4, -0.2) is 23.3 Å². The number of anilines is 1. The molecule has 2 aromatic rings. The predicted octanol–water partition coefficient (Wildman–Crippen LogP) is 3.77. The Morgan fingerprint density at radius 1 is 1.16 bits per heavy atom.